The summed E-state index contributed by atoms with van der Waals surface area (Å²) in [4.78, 5) is 0. The maximum Gasteiger partial charge on any atom is 0.0474 e. The summed E-state index contributed by atoms with van der Waals surface area (Å²) in [6.07, 6.45) is 3.72. The molecule has 82 valence electrons. The molecule has 1 atom stereocenters. The second kappa shape index (κ2) is 6.28. The van der Waals surface area contributed by atoms with Crippen LogP contribution in [-0.2, 0) is 0 Å². The van der Waals surface area contributed by atoms with E-state index in [4.69, 9.17) is 17.4 Å². The van der Waals surface area contributed by atoms with Crippen molar-refractivity contribution in [3.63, 3.8) is 0 Å². The highest BCUT2D eigenvalue weighted by atomic mass is 79.9. The van der Waals surface area contributed by atoms with Gasteiger partial charge in [0.25, 0.3) is 0 Å². The van der Waals surface area contributed by atoms with Gasteiger partial charge in [0.05, 0.1) is 0 Å². The standard InChI is InChI=1S/C11H14BrClN2/c1-2-3-4-11(15-14)9-6-5-8(13)7-10(9)12/h2,5-7,11,15H,1,3-4,14H2. The van der Waals surface area contributed by atoms with Crippen molar-refractivity contribution in [1.29, 1.82) is 0 Å². The molecule has 1 unspecified atom stereocenters. The van der Waals surface area contributed by atoms with Crippen molar-refractivity contribution in [2.75, 3.05) is 0 Å². The Bertz CT molecular complexity index is 341. The van der Waals surface area contributed by atoms with E-state index in [-0.39, 0.29) is 6.04 Å². The molecule has 0 aliphatic carbocycles. The van der Waals surface area contributed by atoms with Crippen LogP contribution >= 0.6 is 27.5 Å². The molecule has 1 rings (SSSR count). The third-order valence-corrected chi connectivity index (χ3v) is 3.12. The molecular weight excluding hydrogens is 275 g/mol. The molecule has 1 aromatic rings. The molecule has 2 nitrogen and oxygen atoms in total. The second-order valence-electron chi connectivity index (χ2n) is 3.25. The maximum atomic E-state index is 5.87. The molecule has 1 aromatic carbocycles. The molecule has 0 heterocycles. The van der Waals surface area contributed by atoms with Crippen LogP contribution in [0.5, 0.6) is 0 Å². The Morgan fingerprint density at radius 3 is 2.87 bits per heavy atom. The van der Waals surface area contributed by atoms with E-state index in [1.54, 1.807) is 0 Å². The van der Waals surface area contributed by atoms with Crippen molar-refractivity contribution in [3.8, 4) is 0 Å². The molecule has 15 heavy (non-hydrogen) atoms. The molecule has 0 aromatic heterocycles. The zero-order valence-electron chi connectivity index (χ0n) is 8.34. The molecule has 0 aliphatic heterocycles. The first-order valence-electron chi connectivity index (χ1n) is 4.71. The van der Waals surface area contributed by atoms with E-state index in [0.29, 0.717) is 5.02 Å². The first kappa shape index (κ1) is 12.7. The first-order valence-corrected chi connectivity index (χ1v) is 5.88. The van der Waals surface area contributed by atoms with Crippen molar-refractivity contribution in [3.05, 3.63) is 45.9 Å². The summed E-state index contributed by atoms with van der Waals surface area (Å²) in [6.45, 7) is 3.70. The smallest absolute Gasteiger partial charge is 0.0474 e. The normalized spacial score (nSPS) is 12.5. The van der Waals surface area contributed by atoms with Crippen LogP contribution in [0, 0.1) is 0 Å². The van der Waals surface area contributed by atoms with E-state index in [0.717, 1.165) is 22.9 Å². The molecule has 0 amide bonds. The van der Waals surface area contributed by atoms with Gasteiger partial charge in [0.15, 0.2) is 0 Å². The quantitative estimate of drug-likeness (QED) is 0.494. The Balaban J connectivity index is 2.86. The average Bonchev–Trinajstić information content (AvgIpc) is 2.21. The Morgan fingerprint density at radius 2 is 2.33 bits per heavy atom. The largest absolute Gasteiger partial charge is 0.271 e. The van der Waals surface area contributed by atoms with E-state index in [2.05, 4.69) is 27.9 Å². The zero-order chi connectivity index (χ0) is 11.3. The summed E-state index contributed by atoms with van der Waals surface area (Å²) >= 11 is 9.35. The van der Waals surface area contributed by atoms with Crippen molar-refractivity contribution in [1.82, 2.24) is 5.43 Å². The Morgan fingerprint density at radius 1 is 1.60 bits per heavy atom. The number of rotatable bonds is 5. The zero-order valence-corrected chi connectivity index (χ0v) is 10.7. The topological polar surface area (TPSA) is 38.0 Å². The van der Waals surface area contributed by atoms with Gasteiger partial charge in [-0.15, -0.1) is 6.58 Å². The second-order valence-corrected chi connectivity index (χ2v) is 4.54. The van der Waals surface area contributed by atoms with Gasteiger partial charge < -0.3 is 0 Å². The van der Waals surface area contributed by atoms with Gasteiger partial charge in [-0.05, 0) is 30.5 Å². The highest BCUT2D eigenvalue weighted by molar-refractivity contribution is 9.10. The lowest BCUT2D eigenvalue weighted by molar-refractivity contribution is 0.519. The summed E-state index contributed by atoms with van der Waals surface area (Å²) in [5.74, 6) is 5.51. The van der Waals surface area contributed by atoms with Crippen LogP contribution in [0.1, 0.15) is 24.4 Å². The number of hydrogen-bond donors (Lipinski definition) is 2. The molecule has 0 spiro atoms. The Kier molecular flexibility index (Phi) is 5.32. The highest BCUT2D eigenvalue weighted by Crippen LogP contribution is 2.28. The monoisotopic (exact) mass is 288 g/mol. The first-order chi connectivity index (χ1) is 7.19. The van der Waals surface area contributed by atoms with Gasteiger partial charge in [-0.3, -0.25) is 11.3 Å². The number of benzene rings is 1. The predicted octanol–water partition coefficient (Wildman–Crippen LogP) is 3.57. The average molecular weight is 290 g/mol. The van der Waals surface area contributed by atoms with Crippen LogP contribution in [-0.4, -0.2) is 0 Å². The lowest BCUT2D eigenvalue weighted by Crippen LogP contribution is -2.28. The van der Waals surface area contributed by atoms with Gasteiger partial charge in [-0.1, -0.05) is 39.7 Å². The van der Waals surface area contributed by atoms with Crippen LogP contribution < -0.4 is 11.3 Å². The van der Waals surface area contributed by atoms with Gasteiger partial charge in [0.1, 0.15) is 0 Å². The van der Waals surface area contributed by atoms with Crippen LogP contribution in [0.25, 0.3) is 0 Å². The molecule has 0 saturated heterocycles. The van der Waals surface area contributed by atoms with Gasteiger partial charge in [-0.25, -0.2) is 0 Å². The summed E-state index contributed by atoms with van der Waals surface area (Å²) < 4.78 is 0.974. The summed E-state index contributed by atoms with van der Waals surface area (Å²) in [7, 11) is 0. The van der Waals surface area contributed by atoms with Crippen molar-refractivity contribution in [2.24, 2.45) is 5.84 Å². The molecule has 0 aliphatic rings. The fourth-order valence-corrected chi connectivity index (χ4v) is 2.36. The number of halogens is 2. The van der Waals surface area contributed by atoms with E-state index < -0.39 is 0 Å². The van der Waals surface area contributed by atoms with Crippen LogP contribution in [0.15, 0.2) is 35.3 Å². The van der Waals surface area contributed by atoms with Crippen molar-refractivity contribution < 1.29 is 0 Å². The minimum Gasteiger partial charge on any atom is -0.271 e. The minimum atomic E-state index is 0.120. The molecule has 3 N–H and O–H groups in total. The SMILES string of the molecule is C=CCCC(NN)c1ccc(Cl)cc1Br. The summed E-state index contributed by atoms with van der Waals surface area (Å²) in [5.41, 5.74) is 3.91. The van der Waals surface area contributed by atoms with Gasteiger partial charge in [0.2, 0.25) is 0 Å². The third-order valence-electron chi connectivity index (χ3n) is 2.20. The van der Waals surface area contributed by atoms with Gasteiger partial charge >= 0.3 is 0 Å². The van der Waals surface area contributed by atoms with Crippen LogP contribution in [0.2, 0.25) is 5.02 Å². The van der Waals surface area contributed by atoms with E-state index in [1.807, 2.05) is 24.3 Å². The highest BCUT2D eigenvalue weighted by Gasteiger charge is 2.12. The number of allylic oxidation sites excluding steroid dienone is 1. The Labute approximate surface area is 104 Å². The molecular formula is C11H14BrClN2. The van der Waals surface area contributed by atoms with E-state index in [1.165, 1.54) is 0 Å². The number of hydrogen-bond acceptors (Lipinski definition) is 2. The molecule has 4 heteroatoms. The summed E-state index contributed by atoms with van der Waals surface area (Å²) in [5, 5.41) is 0.713. The fraction of sp³-hybridized carbons (Fsp3) is 0.273. The van der Waals surface area contributed by atoms with E-state index >= 15 is 0 Å². The molecule has 0 fully saturated rings. The van der Waals surface area contributed by atoms with Crippen LogP contribution in [0.3, 0.4) is 0 Å². The third kappa shape index (κ3) is 3.61. The van der Waals surface area contributed by atoms with Crippen molar-refractivity contribution in [2.45, 2.75) is 18.9 Å². The fourth-order valence-electron chi connectivity index (χ4n) is 1.40. The molecule has 0 saturated carbocycles. The van der Waals surface area contributed by atoms with Gasteiger partial charge in [-0.2, -0.15) is 0 Å². The lowest BCUT2D eigenvalue weighted by atomic mass is 10.0. The molecule has 0 bridgehead atoms. The lowest BCUT2D eigenvalue weighted by Gasteiger charge is -2.17. The minimum absolute atomic E-state index is 0.120. The van der Waals surface area contributed by atoms with Crippen LogP contribution in [0.4, 0.5) is 0 Å². The van der Waals surface area contributed by atoms with Crippen molar-refractivity contribution >= 4 is 27.5 Å². The number of hydrazine groups is 1. The molecule has 0 radical (unpaired) electrons. The predicted molar refractivity (Wildman–Crippen MR) is 68.6 cm³/mol. The summed E-state index contributed by atoms with van der Waals surface area (Å²) in [6, 6.07) is 5.82. The maximum absolute atomic E-state index is 5.87. The van der Waals surface area contributed by atoms with Gasteiger partial charge in [0, 0.05) is 15.5 Å². The Hall–Kier alpha value is -0.350. The number of nitrogens with one attached hydrogen (secondary N) is 1. The number of nitrogens with two attached hydrogens (primary N) is 1. The van der Waals surface area contributed by atoms with E-state index in [9.17, 15) is 0 Å².